The largest absolute Gasteiger partial charge is 0.354 e. The van der Waals surface area contributed by atoms with Gasteiger partial charge in [-0.25, -0.2) is 0 Å². The van der Waals surface area contributed by atoms with E-state index in [2.05, 4.69) is 10.6 Å². The van der Waals surface area contributed by atoms with Crippen LogP contribution in [0, 0.1) is 0 Å². The second kappa shape index (κ2) is 8.55. The van der Waals surface area contributed by atoms with Crippen molar-refractivity contribution in [2.24, 2.45) is 0 Å². The molecule has 6 nitrogen and oxygen atoms in total. The Morgan fingerprint density at radius 1 is 1.04 bits per heavy atom. The molecule has 1 saturated carbocycles. The molecule has 0 aromatic heterocycles. The number of likely N-dealkylation sites (N-methyl/N-ethyl adjacent to an activating group) is 1. The van der Waals surface area contributed by atoms with Crippen molar-refractivity contribution in [1.82, 2.24) is 10.6 Å². The van der Waals surface area contributed by atoms with E-state index in [1.807, 2.05) is 19.1 Å². The lowest BCUT2D eigenvalue weighted by Crippen LogP contribution is -2.59. The summed E-state index contributed by atoms with van der Waals surface area (Å²) in [5.41, 5.74) is 0.525. The van der Waals surface area contributed by atoms with Crippen LogP contribution < -0.4 is 15.5 Å². The smallest absolute Gasteiger partial charge is 0.252 e. The van der Waals surface area contributed by atoms with Crippen LogP contribution in [-0.2, 0) is 9.59 Å². The lowest BCUT2D eigenvalue weighted by atomic mass is 9.80. The molecule has 0 atom stereocenters. The van der Waals surface area contributed by atoms with Gasteiger partial charge in [0.05, 0.1) is 0 Å². The predicted octanol–water partition coefficient (Wildman–Crippen LogP) is 2.77. The topological polar surface area (TPSA) is 78.5 Å². The minimum atomic E-state index is -0.813. The molecule has 1 heterocycles. The number of nitrogens with one attached hydrogen (secondary N) is 2. The molecule has 6 heteroatoms. The molecular weight excluding hydrogens is 342 g/mol. The van der Waals surface area contributed by atoms with E-state index in [1.54, 1.807) is 17.0 Å². The number of benzene rings is 1. The molecule has 2 aliphatic rings. The van der Waals surface area contributed by atoms with Crippen molar-refractivity contribution in [3.8, 4) is 0 Å². The highest BCUT2D eigenvalue weighted by molar-refractivity contribution is 6.00. The molecular formula is C21H29N3O3. The SMILES string of the molecule is CCNC(=O)C1(NC(=O)c2ccc(N3CCCCC3=O)cc2)CCCCC1. The van der Waals surface area contributed by atoms with E-state index in [-0.39, 0.29) is 17.7 Å². The van der Waals surface area contributed by atoms with Crippen molar-refractivity contribution in [3.05, 3.63) is 29.8 Å². The normalized spacial score (nSPS) is 19.4. The quantitative estimate of drug-likeness (QED) is 0.835. The van der Waals surface area contributed by atoms with E-state index >= 15 is 0 Å². The summed E-state index contributed by atoms with van der Waals surface area (Å²) >= 11 is 0. The maximum atomic E-state index is 12.8. The van der Waals surface area contributed by atoms with Crippen molar-refractivity contribution in [1.29, 1.82) is 0 Å². The highest BCUT2D eigenvalue weighted by Crippen LogP contribution is 2.29. The number of carbonyl (C=O) groups excluding carboxylic acids is 3. The van der Waals surface area contributed by atoms with Gasteiger partial charge in [0.15, 0.2) is 0 Å². The van der Waals surface area contributed by atoms with Gasteiger partial charge in [-0.3, -0.25) is 14.4 Å². The van der Waals surface area contributed by atoms with Gasteiger partial charge in [0.1, 0.15) is 5.54 Å². The molecule has 146 valence electrons. The average molecular weight is 371 g/mol. The van der Waals surface area contributed by atoms with Gasteiger partial charge in [-0.15, -0.1) is 0 Å². The van der Waals surface area contributed by atoms with Crippen LogP contribution in [0.5, 0.6) is 0 Å². The molecule has 0 radical (unpaired) electrons. The first-order valence-corrected chi connectivity index (χ1v) is 10.1. The second-order valence-corrected chi connectivity index (χ2v) is 7.51. The van der Waals surface area contributed by atoms with Gasteiger partial charge >= 0.3 is 0 Å². The van der Waals surface area contributed by atoms with E-state index in [4.69, 9.17) is 0 Å². The average Bonchev–Trinajstić information content (AvgIpc) is 2.69. The minimum Gasteiger partial charge on any atom is -0.354 e. The molecule has 1 aromatic carbocycles. The number of rotatable bonds is 5. The number of amides is 3. The van der Waals surface area contributed by atoms with E-state index in [9.17, 15) is 14.4 Å². The second-order valence-electron chi connectivity index (χ2n) is 7.51. The zero-order valence-electron chi connectivity index (χ0n) is 16.1. The summed E-state index contributed by atoms with van der Waals surface area (Å²) < 4.78 is 0. The first-order chi connectivity index (χ1) is 13.1. The number of piperidine rings is 1. The van der Waals surface area contributed by atoms with E-state index in [1.165, 1.54) is 0 Å². The Morgan fingerprint density at radius 2 is 1.74 bits per heavy atom. The Hall–Kier alpha value is -2.37. The van der Waals surface area contributed by atoms with Crippen LogP contribution in [0.3, 0.4) is 0 Å². The molecule has 3 amide bonds. The summed E-state index contributed by atoms with van der Waals surface area (Å²) in [4.78, 5) is 39.3. The van der Waals surface area contributed by atoms with Gasteiger partial charge in [-0.05, 0) is 56.9 Å². The predicted molar refractivity (Wildman–Crippen MR) is 105 cm³/mol. The van der Waals surface area contributed by atoms with Gasteiger partial charge in [0.25, 0.3) is 5.91 Å². The monoisotopic (exact) mass is 371 g/mol. The zero-order chi connectivity index (χ0) is 19.3. The van der Waals surface area contributed by atoms with E-state index in [0.29, 0.717) is 31.4 Å². The van der Waals surface area contributed by atoms with Crippen molar-refractivity contribution in [3.63, 3.8) is 0 Å². The molecule has 1 saturated heterocycles. The van der Waals surface area contributed by atoms with Gasteiger partial charge in [0.2, 0.25) is 11.8 Å². The van der Waals surface area contributed by atoms with Crippen LogP contribution in [-0.4, -0.2) is 36.3 Å². The summed E-state index contributed by atoms with van der Waals surface area (Å²) in [6.07, 6.45) is 6.84. The van der Waals surface area contributed by atoms with Gasteiger partial charge < -0.3 is 15.5 Å². The summed E-state index contributed by atoms with van der Waals surface area (Å²) in [7, 11) is 0. The van der Waals surface area contributed by atoms with Crippen LogP contribution in [0.1, 0.15) is 68.6 Å². The molecule has 1 aliphatic carbocycles. The van der Waals surface area contributed by atoms with Crippen LogP contribution in [0.4, 0.5) is 5.69 Å². The molecule has 1 aliphatic heterocycles. The third-order valence-corrected chi connectivity index (χ3v) is 5.60. The Kier molecular flexibility index (Phi) is 6.14. The van der Waals surface area contributed by atoms with Crippen LogP contribution >= 0.6 is 0 Å². The third-order valence-electron chi connectivity index (χ3n) is 5.60. The standard InChI is InChI=1S/C21H29N3O3/c1-2-22-20(27)21(13-5-3-6-14-21)23-19(26)16-9-11-17(12-10-16)24-15-7-4-8-18(24)25/h9-12H,2-8,13-15H2,1H3,(H,22,27)(H,23,26). The Morgan fingerprint density at radius 3 is 2.37 bits per heavy atom. The van der Waals surface area contributed by atoms with E-state index < -0.39 is 5.54 Å². The number of anilines is 1. The number of carbonyl (C=O) groups is 3. The Labute approximate surface area is 160 Å². The van der Waals surface area contributed by atoms with Crippen molar-refractivity contribution in [2.75, 3.05) is 18.0 Å². The summed E-state index contributed by atoms with van der Waals surface area (Å²) in [5.74, 6) is -0.191. The molecule has 1 aromatic rings. The van der Waals surface area contributed by atoms with Gasteiger partial charge in [-0.2, -0.15) is 0 Å². The Bertz CT molecular complexity index is 693. The summed E-state index contributed by atoms with van der Waals surface area (Å²) in [6.45, 7) is 3.16. The van der Waals surface area contributed by atoms with Gasteiger partial charge in [-0.1, -0.05) is 19.3 Å². The van der Waals surface area contributed by atoms with E-state index in [0.717, 1.165) is 44.3 Å². The number of hydrogen-bond donors (Lipinski definition) is 2. The number of nitrogens with zero attached hydrogens (tertiary/aromatic N) is 1. The third kappa shape index (κ3) is 4.31. The highest BCUT2D eigenvalue weighted by atomic mass is 16.2. The first kappa shape index (κ1) is 19.4. The van der Waals surface area contributed by atoms with Crippen molar-refractivity contribution >= 4 is 23.4 Å². The zero-order valence-corrected chi connectivity index (χ0v) is 16.1. The van der Waals surface area contributed by atoms with Crippen LogP contribution in [0.25, 0.3) is 0 Å². The van der Waals surface area contributed by atoms with Crippen LogP contribution in [0.15, 0.2) is 24.3 Å². The molecule has 27 heavy (non-hydrogen) atoms. The number of hydrogen-bond acceptors (Lipinski definition) is 3. The molecule has 0 spiro atoms. The van der Waals surface area contributed by atoms with Gasteiger partial charge in [0, 0.05) is 30.8 Å². The first-order valence-electron chi connectivity index (χ1n) is 10.1. The fourth-order valence-electron chi connectivity index (χ4n) is 4.06. The minimum absolute atomic E-state index is 0.0893. The van der Waals surface area contributed by atoms with Crippen molar-refractivity contribution in [2.45, 2.75) is 63.8 Å². The maximum absolute atomic E-state index is 12.8. The maximum Gasteiger partial charge on any atom is 0.252 e. The molecule has 3 rings (SSSR count). The Balaban J connectivity index is 1.72. The highest BCUT2D eigenvalue weighted by Gasteiger charge is 2.40. The molecule has 2 fully saturated rings. The molecule has 0 unspecified atom stereocenters. The summed E-state index contributed by atoms with van der Waals surface area (Å²) in [6, 6.07) is 7.11. The lowest BCUT2D eigenvalue weighted by Gasteiger charge is -2.36. The lowest BCUT2D eigenvalue weighted by molar-refractivity contribution is -0.128. The van der Waals surface area contributed by atoms with Crippen molar-refractivity contribution < 1.29 is 14.4 Å². The summed E-state index contributed by atoms with van der Waals surface area (Å²) in [5, 5.41) is 5.88. The van der Waals surface area contributed by atoms with Crippen LogP contribution in [0.2, 0.25) is 0 Å². The molecule has 2 N–H and O–H groups in total. The fourth-order valence-corrected chi connectivity index (χ4v) is 4.06. The fraction of sp³-hybridized carbons (Fsp3) is 0.571. The molecule has 0 bridgehead atoms.